The first-order valence-electron chi connectivity index (χ1n) is 5.23. The first kappa shape index (κ1) is 9.71. The summed E-state index contributed by atoms with van der Waals surface area (Å²) in [6.07, 6.45) is 5.71. The molecule has 0 aromatic rings. The Hall–Kier alpha value is -0.830. The minimum Gasteiger partial charge on any atom is -0.352 e. The summed E-state index contributed by atoms with van der Waals surface area (Å²) < 4.78 is 0. The number of nitrogens with two attached hydrogens (primary N) is 1. The van der Waals surface area contributed by atoms with Gasteiger partial charge in [-0.3, -0.25) is 4.79 Å². The average Bonchev–Trinajstić information content (AvgIpc) is 2.52. The summed E-state index contributed by atoms with van der Waals surface area (Å²) in [7, 11) is 0. The molecule has 78 valence electrons. The Kier molecular flexibility index (Phi) is 2.14. The smallest absolute Gasteiger partial charge is 0.227 e. The number of nitrogens with one attached hydrogen (secondary N) is 1. The lowest BCUT2D eigenvalue weighted by molar-refractivity contribution is -0.123. The van der Waals surface area contributed by atoms with E-state index in [4.69, 9.17) is 5.73 Å². The summed E-state index contributed by atoms with van der Waals surface area (Å²) in [6, 6.07) is 0.443. The van der Waals surface area contributed by atoms with E-state index in [9.17, 15) is 4.79 Å². The average molecular weight is 194 g/mol. The van der Waals surface area contributed by atoms with E-state index >= 15 is 0 Å². The zero-order valence-corrected chi connectivity index (χ0v) is 8.79. The van der Waals surface area contributed by atoms with Gasteiger partial charge in [-0.15, -0.1) is 0 Å². The maximum Gasteiger partial charge on any atom is 0.227 e. The number of amides is 1. The first-order valence-corrected chi connectivity index (χ1v) is 5.23. The van der Waals surface area contributed by atoms with E-state index in [0.29, 0.717) is 11.5 Å². The molecule has 0 radical (unpaired) electrons. The van der Waals surface area contributed by atoms with Crippen molar-refractivity contribution in [2.75, 3.05) is 0 Å². The summed E-state index contributed by atoms with van der Waals surface area (Å²) in [4.78, 5) is 11.7. The second-order valence-corrected chi connectivity index (χ2v) is 5.14. The molecule has 1 fully saturated rings. The van der Waals surface area contributed by atoms with Gasteiger partial charge in [0, 0.05) is 12.1 Å². The quantitative estimate of drug-likeness (QED) is 0.639. The molecule has 3 unspecified atom stereocenters. The van der Waals surface area contributed by atoms with Gasteiger partial charge >= 0.3 is 0 Å². The molecule has 0 heterocycles. The summed E-state index contributed by atoms with van der Waals surface area (Å²) in [5.74, 6) is 0.145. The highest BCUT2D eigenvalue weighted by molar-refractivity contribution is 5.81. The number of rotatable bonds is 2. The van der Waals surface area contributed by atoms with Crippen molar-refractivity contribution in [1.82, 2.24) is 5.32 Å². The molecule has 0 spiro atoms. The largest absolute Gasteiger partial charge is 0.352 e. The Labute approximate surface area is 84.7 Å². The predicted octanol–water partition coefficient (Wildman–Crippen LogP) is 0.804. The van der Waals surface area contributed by atoms with Gasteiger partial charge in [0.05, 0.1) is 5.92 Å². The standard InChI is InChI=1S/C11H18N2O/c1-11(2)6-9(11)13-10(14)7-3-4-8(12)5-7/h3-4,7-9H,5-6,12H2,1-2H3,(H,13,14). The van der Waals surface area contributed by atoms with Crippen molar-refractivity contribution in [3.05, 3.63) is 12.2 Å². The molecule has 0 aromatic heterocycles. The highest BCUT2D eigenvalue weighted by Gasteiger charge is 2.47. The van der Waals surface area contributed by atoms with Crippen molar-refractivity contribution in [3.8, 4) is 0 Å². The van der Waals surface area contributed by atoms with Gasteiger partial charge in [0.2, 0.25) is 5.91 Å². The molecule has 1 amide bonds. The predicted molar refractivity (Wildman–Crippen MR) is 55.6 cm³/mol. The molecule has 0 aliphatic heterocycles. The van der Waals surface area contributed by atoms with Crippen LogP contribution in [-0.2, 0) is 4.79 Å². The number of hydrogen-bond acceptors (Lipinski definition) is 2. The van der Waals surface area contributed by atoms with Gasteiger partial charge in [-0.25, -0.2) is 0 Å². The number of hydrogen-bond donors (Lipinski definition) is 2. The number of carbonyl (C=O) groups excluding carboxylic acids is 1. The van der Waals surface area contributed by atoms with Crippen LogP contribution in [0.1, 0.15) is 26.7 Å². The molecule has 3 N–H and O–H groups in total. The van der Waals surface area contributed by atoms with E-state index in [-0.39, 0.29) is 17.9 Å². The van der Waals surface area contributed by atoms with Crippen LogP contribution in [0.15, 0.2) is 12.2 Å². The lowest BCUT2D eigenvalue weighted by atomic mass is 10.1. The van der Waals surface area contributed by atoms with Crippen molar-refractivity contribution in [1.29, 1.82) is 0 Å². The second kappa shape index (κ2) is 3.09. The molecule has 2 rings (SSSR count). The van der Waals surface area contributed by atoms with Gasteiger partial charge in [0.1, 0.15) is 0 Å². The fraction of sp³-hybridized carbons (Fsp3) is 0.727. The molecule has 14 heavy (non-hydrogen) atoms. The molecule has 0 bridgehead atoms. The molecular formula is C11H18N2O. The van der Waals surface area contributed by atoms with E-state index < -0.39 is 0 Å². The highest BCUT2D eigenvalue weighted by atomic mass is 16.2. The van der Waals surface area contributed by atoms with Crippen LogP contribution in [0.5, 0.6) is 0 Å². The van der Waals surface area contributed by atoms with Crippen LogP contribution in [0.25, 0.3) is 0 Å². The van der Waals surface area contributed by atoms with Crippen molar-refractivity contribution in [2.24, 2.45) is 17.1 Å². The van der Waals surface area contributed by atoms with E-state index in [1.165, 1.54) is 0 Å². The van der Waals surface area contributed by atoms with Crippen LogP contribution in [0.3, 0.4) is 0 Å². The molecule has 2 aliphatic carbocycles. The van der Waals surface area contributed by atoms with Gasteiger partial charge in [-0.1, -0.05) is 26.0 Å². The Morgan fingerprint density at radius 3 is 2.57 bits per heavy atom. The Balaban J connectivity index is 1.83. The van der Waals surface area contributed by atoms with E-state index in [1.54, 1.807) is 0 Å². The van der Waals surface area contributed by atoms with Gasteiger partial charge in [0.15, 0.2) is 0 Å². The van der Waals surface area contributed by atoms with E-state index in [1.807, 2.05) is 12.2 Å². The lowest BCUT2D eigenvalue weighted by Crippen LogP contribution is -2.34. The topological polar surface area (TPSA) is 55.1 Å². The lowest BCUT2D eigenvalue weighted by Gasteiger charge is -2.11. The zero-order chi connectivity index (χ0) is 10.3. The monoisotopic (exact) mass is 194 g/mol. The molecule has 1 saturated carbocycles. The second-order valence-electron chi connectivity index (χ2n) is 5.14. The highest BCUT2D eigenvalue weighted by Crippen LogP contribution is 2.44. The van der Waals surface area contributed by atoms with E-state index in [2.05, 4.69) is 19.2 Å². The zero-order valence-electron chi connectivity index (χ0n) is 8.79. The minimum absolute atomic E-state index is 0.00130. The Morgan fingerprint density at radius 1 is 1.50 bits per heavy atom. The molecule has 3 heteroatoms. The van der Waals surface area contributed by atoms with Crippen LogP contribution >= 0.6 is 0 Å². The molecule has 3 nitrogen and oxygen atoms in total. The van der Waals surface area contributed by atoms with Crippen molar-refractivity contribution >= 4 is 5.91 Å². The molecule has 3 atom stereocenters. The fourth-order valence-corrected chi connectivity index (χ4v) is 1.91. The number of carbonyl (C=O) groups is 1. The van der Waals surface area contributed by atoms with Crippen molar-refractivity contribution in [2.45, 2.75) is 38.8 Å². The Morgan fingerprint density at radius 2 is 2.14 bits per heavy atom. The summed E-state index contributed by atoms with van der Waals surface area (Å²) in [5, 5.41) is 3.06. The molecule has 2 aliphatic rings. The van der Waals surface area contributed by atoms with Crippen LogP contribution in [-0.4, -0.2) is 18.0 Å². The third-order valence-corrected chi connectivity index (χ3v) is 3.28. The van der Waals surface area contributed by atoms with Crippen molar-refractivity contribution < 1.29 is 4.79 Å². The minimum atomic E-state index is 0.00130. The van der Waals surface area contributed by atoms with Crippen LogP contribution in [0.4, 0.5) is 0 Å². The summed E-state index contributed by atoms with van der Waals surface area (Å²) in [5.41, 5.74) is 6.00. The van der Waals surface area contributed by atoms with Gasteiger partial charge in [-0.05, 0) is 18.3 Å². The third-order valence-electron chi connectivity index (χ3n) is 3.28. The third kappa shape index (κ3) is 1.82. The fourth-order valence-electron chi connectivity index (χ4n) is 1.91. The van der Waals surface area contributed by atoms with Gasteiger partial charge in [-0.2, -0.15) is 0 Å². The van der Waals surface area contributed by atoms with Crippen LogP contribution in [0, 0.1) is 11.3 Å². The maximum atomic E-state index is 11.7. The molecule has 0 aromatic carbocycles. The van der Waals surface area contributed by atoms with Gasteiger partial charge < -0.3 is 11.1 Å². The van der Waals surface area contributed by atoms with Crippen LogP contribution in [0.2, 0.25) is 0 Å². The maximum absolute atomic E-state index is 11.7. The summed E-state index contributed by atoms with van der Waals surface area (Å²) in [6.45, 7) is 4.35. The summed E-state index contributed by atoms with van der Waals surface area (Å²) >= 11 is 0. The normalized spacial score (nSPS) is 38.4. The molecule has 0 saturated heterocycles. The first-order chi connectivity index (χ1) is 6.49. The van der Waals surface area contributed by atoms with Crippen molar-refractivity contribution in [3.63, 3.8) is 0 Å². The van der Waals surface area contributed by atoms with E-state index in [0.717, 1.165) is 12.8 Å². The van der Waals surface area contributed by atoms with Crippen LogP contribution < -0.4 is 11.1 Å². The Bertz CT molecular complexity index is 283. The SMILES string of the molecule is CC1(C)CC1NC(=O)C1C=CC(N)C1. The van der Waals surface area contributed by atoms with Gasteiger partial charge in [0.25, 0.3) is 0 Å². The molecular weight excluding hydrogens is 176 g/mol.